The minimum absolute atomic E-state index is 0.460. The Kier molecular flexibility index (Phi) is 6.01. The third-order valence-electron chi connectivity index (χ3n) is 4.68. The van der Waals surface area contributed by atoms with Gasteiger partial charge in [-0.25, -0.2) is 0 Å². The summed E-state index contributed by atoms with van der Waals surface area (Å²) in [6.07, 6.45) is -0.460. The molecule has 1 aromatic heterocycles. The monoisotopic (exact) mass is 519 g/mol. The van der Waals surface area contributed by atoms with Gasteiger partial charge in [-0.2, -0.15) is 0 Å². The largest absolute Gasteiger partial charge is 0.497 e. The van der Waals surface area contributed by atoms with Crippen LogP contribution in [-0.2, 0) is 6.54 Å². The number of halogens is 2. The van der Waals surface area contributed by atoms with Crippen molar-refractivity contribution in [2.75, 3.05) is 12.9 Å². The van der Waals surface area contributed by atoms with Crippen LogP contribution in [0.25, 0.3) is 21.8 Å². The van der Waals surface area contributed by atoms with Gasteiger partial charge in [0, 0.05) is 47.9 Å². The van der Waals surface area contributed by atoms with E-state index in [0.717, 1.165) is 30.6 Å². The number of aliphatic hydroxyl groups excluding tert-OH is 1. The highest BCUT2D eigenvalue weighted by Gasteiger charge is 2.15. The van der Waals surface area contributed by atoms with E-state index >= 15 is 0 Å². The number of hydrogen-bond acceptors (Lipinski definition) is 3. The van der Waals surface area contributed by atoms with Crippen molar-refractivity contribution in [2.45, 2.75) is 17.5 Å². The molecule has 6 heteroatoms. The number of fused-ring (bicyclic) bond motifs is 3. The average molecular weight is 521 g/mol. The molecule has 1 heterocycles. The Bertz CT molecular complexity index is 1070. The van der Waals surface area contributed by atoms with E-state index in [0.29, 0.717) is 12.3 Å². The Labute approximate surface area is 184 Å². The first-order chi connectivity index (χ1) is 13.5. The zero-order chi connectivity index (χ0) is 19.7. The fourth-order valence-corrected chi connectivity index (χ4v) is 4.91. The smallest absolute Gasteiger partial charge is 0.118 e. The summed E-state index contributed by atoms with van der Waals surface area (Å²) in [4.78, 5) is 1.12. The molecule has 144 valence electrons. The molecule has 4 aromatic rings. The molecule has 3 nitrogen and oxygen atoms in total. The van der Waals surface area contributed by atoms with Crippen molar-refractivity contribution in [3.63, 3.8) is 0 Å². The van der Waals surface area contributed by atoms with Gasteiger partial charge in [-0.15, -0.1) is 11.8 Å². The summed E-state index contributed by atoms with van der Waals surface area (Å²) in [5.74, 6) is 1.47. The Balaban J connectivity index is 1.59. The highest BCUT2D eigenvalue weighted by atomic mass is 79.9. The van der Waals surface area contributed by atoms with Gasteiger partial charge < -0.3 is 14.4 Å². The van der Waals surface area contributed by atoms with E-state index in [2.05, 4.69) is 60.7 Å². The quantitative estimate of drug-likeness (QED) is 0.295. The maximum Gasteiger partial charge on any atom is 0.118 e. The first kappa shape index (κ1) is 19.8. The van der Waals surface area contributed by atoms with Gasteiger partial charge in [0.2, 0.25) is 0 Å². The van der Waals surface area contributed by atoms with Crippen LogP contribution in [0.15, 0.2) is 74.5 Å². The second-order valence-electron chi connectivity index (χ2n) is 6.57. The number of benzene rings is 3. The third kappa shape index (κ3) is 4.10. The maximum atomic E-state index is 10.7. The molecule has 1 atom stereocenters. The molecule has 1 N–H and O–H groups in total. The Hall–Kier alpha value is -1.47. The van der Waals surface area contributed by atoms with E-state index in [9.17, 15) is 5.11 Å². The van der Waals surface area contributed by atoms with Crippen molar-refractivity contribution in [1.82, 2.24) is 4.57 Å². The van der Waals surface area contributed by atoms with E-state index in [1.54, 1.807) is 18.9 Å². The molecule has 0 aliphatic heterocycles. The summed E-state index contributed by atoms with van der Waals surface area (Å²) in [7, 11) is 1.66. The molecule has 0 bridgehead atoms. The number of aliphatic hydroxyl groups is 1. The lowest BCUT2D eigenvalue weighted by atomic mass is 10.2. The summed E-state index contributed by atoms with van der Waals surface area (Å²) in [5.41, 5.74) is 2.26. The molecule has 0 aliphatic carbocycles. The zero-order valence-corrected chi connectivity index (χ0v) is 19.2. The molecule has 4 rings (SSSR count). The lowest BCUT2D eigenvalue weighted by molar-refractivity contribution is 0.181. The van der Waals surface area contributed by atoms with Crippen LogP contribution in [0.5, 0.6) is 5.75 Å². The minimum atomic E-state index is -0.460. The van der Waals surface area contributed by atoms with Gasteiger partial charge in [0.05, 0.1) is 13.2 Å². The van der Waals surface area contributed by atoms with Gasteiger partial charge in [0.1, 0.15) is 5.75 Å². The summed E-state index contributed by atoms with van der Waals surface area (Å²) in [5, 5.41) is 13.1. The van der Waals surface area contributed by atoms with Crippen molar-refractivity contribution in [2.24, 2.45) is 0 Å². The van der Waals surface area contributed by atoms with Crippen LogP contribution in [-0.4, -0.2) is 28.6 Å². The summed E-state index contributed by atoms with van der Waals surface area (Å²) >= 11 is 8.80. The van der Waals surface area contributed by atoms with Crippen molar-refractivity contribution < 1.29 is 9.84 Å². The standard InChI is InChI=1S/C22H19Br2NO2S/c1-27-17-4-6-18(7-5-17)28-13-16(26)12-25-21-8-2-14(23)10-19(21)20-11-15(24)3-9-22(20)25/h2-11,16,26H,12-13H2,1H3. The zero-order valence-electron chi connectivity index (χ0n) is 15.2. The molecular formula is C22H19Br2NO2S. The maximum absolute atomic E-state index is 10.7. The molecule has 3 aromatic carbocycles. The number of aromatic nitrogens is 1. The van der Waals surface area contributed by atoms with E-state index in [1.165, 1.54) is 10.8 Å². The number of rotatable bonds is 6. The fourth-order valence-electron chi connectivity index (χ4n) is 3.37. The Morgan fingerprint density at radius 3 is 2.04 bits per heavy atom. The van der Waals surface area contributed by atoms with Crippen LogP contribution >= 0.6 is 43.6 Å². The first-order valence-corrected chi connectivity index (χ1v) is 11.4. The predicted octanol–water partition coefficient (Wildman–Crippen LogP) is 6.48. The molecule has 0 amide bonds. The molecule has 0 aliphatic rings. The van der Waals surface area contributed by atoms with E-state index < -0.39 is 6.10 Å². The van der Waals surface area contributed by atoms with Crippen LogP contribution < -0.4 is 4.74 Å². The van der Waals surface area contributed by atoms with Gasteiger partial charge in [-0.1, -0.05) is 31.9 Å². The van der Waals surface area contributed by atoms with Crippen molar-refractivity contribution >= 4 is 65.4 Å². The van der Waals surface area contributed by atoms with Crippen LogP contribution in [0.2, 0.25) is 0 Å². The van der Waals surface area contributed by atoms with Gasteiger partial charge in [0.15, 0.2) is 0 Å². The summed E-state index contributed by atoms with van der Waals surface area (Å²) in [6.45, 7) is 0.548. The summed E-state index contributed by atoms with van der Waals surface area (Å²) in [6, 6.07) is 20.5. The Morgan fingerprint density at radius 2 is 1.50 bits per heavy atom. The second kappa shape index (κ2) is 8.49. The van der Waals surface area contributed by atoms with Crippen LogP contribution in [0.1, 0.15) is 0 Å². The highest BCUT2D eigenvalue weighted by Crippen LogP contribution is 2.33. The fraction of sp³-hybridized carbons (Fsp3) is 0.182. The van der Waals surface area contributed by atoms with Crippen molar-refractivity contribution in [3.05, 3.63) is 69.6 Å². The van der Waals surface area contributed by atoms with Crippen molar-refractivity contribution in [1.29, 1.82) is 0 Å². The lowest BCUT2D eigenvalue weighted by Crippen LogP contribution is -2.18. The van der Waals surface area contributed by atoms with Gasteiger partial charge in [-0.3, -0.25) is 0 Å². The summed E-state index contributed by atoms with van der Waals surface area (Å²) < 4.78 is 9.51. The highest BCUT2D eigenvalue weighted by molar-refractivity contribution is 9.10. The van der Waals surface area contributed by atoms with Gasteiger partial charge >= 0.3 is 0 Å². The molecule has 0 fully saturated rings. The molecule has 0 saturated carbocycles. The van der Waals surface area contributed by atoms with E-state index in [1.807, 2.05) is 36.4 Å². The minimum Gasteiger partial charge on any atom is -0.497 e. The van der Waals surface area contributed by atoms with E-state index in [-0.39, 0.29) is 0 Å². The Morgan fingerprint density at radius 1 is 0.929 bits per heavy atom. The van der Waals surface area contributed by atoms with Crippen LogP contribution in [0, 0.1) is 0 Å². The molecule has 0 saturated heterocycles. The molecular weight excluding hydrogens is 502 g/mol. The molecule has 1 unspecified atom stereocenters. The molecule has 0 spiro atoms. The number of thioether (sulfide) groups is 1. The van der Waals surface area contributed by atoms with Gasteiger partial charge in [-0.05, 0) is 60.7 Å². The number of methoxy groups -OCH3 is 1. The molecule has 0 radical (unpaired) electrons. The van der Waals surface area contributed by atoms with Gasteiger partial charge in [0.25, 0.3) is 0 Å². The lowest BCUT2D eigenvalue weighted by Gasteiger charge is -2.14. The average Bonchev–Trinajstić information content (AvgIpc) is 2.99. The van der Waals surface area contributed by atoms with Crippen LogP contribution in [0.4, 0.5) is 0 Å². The normalized spacial score (nSPS) is 12.6. The second-order valence-corrected chi connectivity index (χ2v) is 9.50. The number of ether oxygens (including phenoxy) is 1. The van der Waals surface area contributed by atoms with Crippen molar-refractivity contribution in [3.8, 4) is 5.75 Å². The number of nitrogens with zero attached hydrogens (tertiary/aromatic N) is 1. The topological polar surface area (TPSA) is 34.4 Å². The van der Waals surface area contributed by atoms with E-state index in [4.69, 9.17) is 4.74 Å². The first-order valence-electron chi connectivity index (χ1n) is 8.87. The number of hydrogen-bond donors (Lipinski definition) is 1. The van der Waals surface area contributed by atoms with Crippen LogP contribution in [0.3, 0.4) is 0 Å². The third-order valence-corrected chi connectivity index (χ3v) is 6.83. The predicted molar refractivity (Wildman–Crippen MR) is 125 cm³/mol. The SMILES string of the molecule is COc1ccc(SCC(O)Cn2c3ccc(Br)cc3c3cc(Br)ccc32)cc1. The molecule has 28 heavy (non-hydrogen) atoms.